The number of benzene rings is 2. The fourth-order valence-corrected chi connectivity index (χ4v) is 4.77. The third-order valence-electron chi connectivity index (χ3n) is 6.57. The lowest BCUT2D eigenvalue weighted by atomic mass is 10.0. The highest BCUT2D eigenvalue weighted by atomic mass is 16.3. The molecule has 40 heavy (non-hydrogen) atoms. The number of hydrogen-bond acceptors (Lipinski definition) is 7. The van der Waals surface area contributed by atoms with E-state index in [9.17, 15) is 15.5 Å². The summed E-state index contributed by atoms with van der Waals surface area (Å²) in [6, 6.07) is 21.4. The van der Waals surface area contributed by atoms with Gasteiger partial charge in [0.15, 0.2) is 5.82 Å². The van der Waals surface area contributed by atoms with Crippen LogP contribution in [0.5, 0.6) is 5.75 Å². The molecule has 9 nitrogen and oxygen atoms in total. The Morgan fingerprint density at radius 1 is 0.950 bits per heavy atom. The van der Waals surface area contributed by atoms with Gasteiger partial charge in [-0.25, -0.2) is 9.97 Å². The highest BCUT2D eigenvalue weighted by Gasteiger charge is 2.18. The normalized spacial score (nSPS) is 11.8. The molecular weight excluding hydrogens is 502 g/mol. The predicted octanol–water partition coefficient (Wildman–Crippen LogP) is 5.41. The molecule has 0 unspecified atom stereocenters. The minimum Gasteiger partial charge on any atom is -0.508 e. The molecular formula is C31H31N7O2. The number of nitrogens with zero attached hydrogens (tertiary/aromatic N) is 6. The molecule has 3 N–H and O–H groups in total. The third-order valence-corrected chi connectivity index (χ3v) is 6.57. The Balaban J connectivity index is 1.63. The van der Waals surface area contributed by atoms with Crippen LogP contribution in [-0.2, 0) is 6.54 Å². The minimum absolute atomic E-state index is 0.0650. The summed E-state index contributed by atoms with van der Waals surface area (Å²) in [5, 5.41) is 37.3. The van der Waals surface area contributed by atoms with Crippen molar-refractivity contribution in [2.45, 2.75) is 40.3 Å². The van der Waals surface area contributed by atoms with Crippen LogP contribution in [0, 0.1) is 32.1 Å². The van der Waals surface area contributed by atoms with E-state index in [1.165, 1.54) is 0 Å². The number of nitrogens with one attached hydrogen (secondary N) is 1. The van der Waals surface area contributed by atoms with Gasteiger partial charge in [-0.2, -0.15) is 10.4 Å². The monoisotopic (exact) mass is 533 g/mol. The molecule has 0 fully saturated rings. The maximum Gasteiger partial charge on any atom is 0.162 e. The zero-order valence-electron chi connectivity index (χ0n) is 22.9. The molecule has 3 heterocycles. The molecule has 0 amide bonds. The minimum atomic E-state index is -0.571. The molecule has 0 aliphatic rings. The molecule has 0 radical (unpaired) electrons. The zero-order valence-corrected chi connectivity index (χ0v) is 22.9. The number of rotatable bonds is 8. The van der Waals surface area contributed by atoms with Crippen LogP contribution in [0.2, 0.25) is 0 Å². The summed E-state index contributed by atoms with van der Waals surface area (Å²) < 4.78 is 3.75. The van der Waals surface area contributed by atoms with Crippen LogP contribution in [0.4, 0.5) is 5.82 Å². The average Bonchev–Trinajstić information content (AvgIpc) is 3.50. The van der Waals surface area contributed by atoms with Crippen LogP contribution in [0.3, 0.4) is 0 Å². The van der Waals surface area contributed by atoms with E-state index in [-0.39, 0.29) is 12.3 Å². The van der Waals surface area contributed by atoms with E-state index in [1.807, 2.05) is 37.3 Å². The number of anilines is 1. The van der Waals surface area contributed by atoms with Gasteiger partial charge in [0.2, 0.25) is 0 Å². The van der Waals surface area contributed by atoms with Crippen molar-refractivity contribution in [1.82, 2.24) is 24.3 Å². The topological polar surface area (TPSA) is 125 Å². The quantitative estimate of drug-likeness (QED) is 0.243. The predicted molar refractivity (Wildman–Crippen MR) is 155 cm³/mol. The van der Waals surface area contributed by atoms with Crippen molar-refractivity contribution < 1.29 is 10.2 Å². The third kappa shape index (κ3) is 5.58. The molecule has 1 atom stereocenters. The number of aryl methyl sites for hydroxylation is 3. The standard InChI is InChI=1S/C31H31N7O2/c1-19-13-24(15-26(40)14-19)30-27(18-37(36-30)12-11-32)28-16-29(33-17-22(4)39)35-31(34-28)23-7-9-25(10-8-23)38-20(2)5-6-21(38)3/h5-10,13-16,18,22,39-40H,12,17H2,1-4H3,(H,33,34,35)/t22-/m0/s1. The first-order valence-electron chi connectivity index (χ1n) is 13.0. The van der Waals surface area contributed by atoms with Gasteiger partial charge in [-0.3, -0.25) is 4.68 Å². The average molecular weight is 534 g/mol. The van der Waals surface area contributed by atoms with E-state index in [2.05, 4.69) is 47.0 Å². The number of aromatic nitrogens is 5. The summed E-state index contributed by atoms with van der Waals surface area (Å²) in [6.45, 7) is 8.13. The van der Waals surface area contributed by atoms with Gasteiger partial charge in [0.05, 0.1) is 17.9 Å². The highest BCUT2D eigenvalue weighted by Crippen LogP contribution is 2.34. The lowest BCUT2D eigenvalue weighted by Gasteiger charge is -2.13. The van der Waals surface area contributed by atoms with Gasteiger partial charge in [0.1, 0.15) is 23.8 Å². The van der Waals surface area contributed by atoms with Gasteiger partial charge < -0.3 is 20.1 Å². The molecule has 0 bridgehead atoms. The molecule has 0 spiro atoms. The Labute approximate surface area is 233 Å². The molecule has 0 aliphatic heterocycles. The highest BCUT2D eigenvalue weighted by molar-refractivity contribution is 5.81. The van der Waals surface area contributed by atoms with Gasteiger partial charge in [-0.15, -0.1) is 0 Å². The number of aliphatic hydroxyl groups is 1. The summed E-state index contributed by atoms with van der Waals surface area (Å²) in [5.41, 5.74) is 7.65. The number of aromatic hydroxyl groups is 1. The van der Waals surface area contributed by atoms with Crippen LogP contribution < -0.4 is 5.32 Å². The van der Waals surface area contributed by atoms with Crippen LogP contribution in [0.1, 0.15) is 23.9 Å². The Morgan fingerprint density at radius 3 is 2.33 bits per heavy atom. The van der Waals surface area contributed by atoms with Crippen molar-refractivity contribution in [3.05, 3.63) is 83.8 Å². The van der Waals surface area contributed by atoms with Crippen molar-refractivity contribution in [3.63, 3.8) is 0 Å². The second-order valence-corrected chi connectivity index (χ2v) is 9.99. The van der Waals surface area contributed by atoms with Gasteiger partial charge in [-0.05, 0) is 87.9 Å². The second-order valence-electron chi connectivity index (χ2n) is 9.99. The summed E-state index contributed by atoms with van der Waals surface area (Å²) in [4.78, 5) is 9.66. The fourth-order valence-electron chi connectivity index (χ4n) is 4.77. The number of aliphatic hydroxyl groups excluding tert-OH is 1. The molecule has 2 aromatic carbocycles. The van der Waals surface area contributed by atoms with E-state index in [0.717, 1.165) is 28.2 Å². The first kappa shape index (κ1) is 26.7. The van der Waals surface area contributed by atoms with E-state index >= 15 is 0 Å². The molecule has 9 heteroatoms. The summed E-state index contributed by atoms with van der Waals surface area (Å²) in [5.74, 6) is 1.18. The lowest BCUT2D eigenvalue weighted by molar-refractivity contribution is 0.208. The van der Waals surface area contributed by atoms with Gasteiger partial charge in [0, 0.05) is 52.6 Å². The van der Waals surface area contributed by atoms with Crippen LogP contribution in [-0.4, -0.2) is 47.2 Å². The van der Waals surface area contributed by atoms with Gasteiger partial charge in [-0.1, -0.05) is 0 Å². The molecule has 0 saturated heterocycles. The fraction of sp³-hybridized carbons (Fsp3) is 0.226. The van der Waals surface area contributed by atoms with E-state index in [1.54, 1.807) is 36.0 Å². The molecule has 3 aromatic heterocycles. The number of phenols is 1. The molecule has 0 aliphatic carbocycles. The van der Waals surface area contributed by atoms with Crippen LogP contribution in [0.25, 0.3) is 39.6 Å². The maximum atomic E-state index is 10.3. The Hall–Kier alpha value is -4.94. The van der Waals surface area contributed by atoms with Crippen molar-refractivity contribution in [2.75, 3.05) is 11.9 Å². The van der Waals surface area contributed by atoms with Crippen molar-refractivity contribution >= 4 is 5.82 Å². The molecule has 202 valence electrons. The zero-order chi connectivity index (χ0) is 28.4. The van der Waals surface area contributed by atoms with Crippen molar-refractivity contribution in [3.8, 4) is 51.4 Å². The number of hydrogen-bond donors (Lipinski definition) is 3. The van der Waals surface area contributed by atoms with Crippen molar-refractivity contribution in [2.24, 2.45) is 0 Å². The van der Waals surface area contributed by atoms with E-state index in [0.29, 0.717) is 40.7 Å². The maximum absolute atomic E-state index is 10.3. The van der Waals surface area contributed by atoms with Crippen LogP contribution >= 0.6 is 0 Å². The molecule has 5 rings (SSSR count). The van der Waals surface area contributed by atoms with Gasteiger partial charge in [0.25, 0.3) is 0 Å². The van der Waals surface area contributed by atoms with E-state index < -0.39 is 6.10 Å². The second kappa shape index (κ2) is 11.0. The van der Waals surface area contributed by atoms with Crippen molar-refractivity contribution in [1.29, 1.82) is 5.26 Å². The number of nitriles is 1. The SMILES string of the molecule is Cc1cc(O)cc(-c2nn(CC#N)cc2-c2cc(NC[C@H](C)O)nc(-c3ccc(-n4c(C)ccc4C)cc3)n2)c1. The summed E-state index contributed by atoms with van der Waals surface area (Å²) in [7, 11) is 0. The first-order chi connectivity index (χ1) is 19.2. The Kier molecular flexibility index (Phi) is 7.36. The largest absolute Gasteiger partial charge is 0.508 e. The molecule has 0 saturated carbocycles. The first-order valence-corrected chi connectivity index (χ1v) is 13.0. The van der Waals surface area contributed by atoms with E-state index in [4.69, 9.17) is 9.97 Å². The smallest absolute Gasteiger partial charge is 0.162 e. The molecule has 5 aromatic rings. The summed E-state index contributed by atoms with van der Waals surface area (Å²) >= 11 is 0. The number of phenolic OH excluding ortho intramolecular Hbond substituents is 1. The van der Waals surface area contributed by atoms with Gasteiger partial charge >= 0.3 is 0 Å². The Morgan fingerprint density at radius 2 is 1.68 bits per heavy atom. The van der Waals surface area contributed by atoms with Crippen LogP contribution in [0.15, 0.2) is 66.9 Å². The summed E-state index contributed by atoms with van der Waals surface area (Å²) in [6.07, 6.45) is 1.21. The Bertz CT molecular complexity index is 1670. The lowest BCUT2D eigenvalue weighted by Crippen LogP contribution is -2.16.